The first-order valence-corrected chi connectivity index (χ1v) is 12.2. The maximum Gasteiger partial charge on any atom is 0.237 e. The number of benzene rings is 3. The van der Waals surface area contributed by atoms with Crippen LogP contribution < -0.4 is 9.64 Å². The van der Waals surface area contributed by atoms with Gasteiger partial charge in [-0.2, -0.15) is 4.98 Å². The van der Waals surface area contributed by atoms with Crippen LogP contribution in [-0.4, -0.2) is 28.7 Å². The summed E-state index contributed by atoms with van der Waals surface area (Å²) in [6.45, 7) is 2.03. The number of thioether (sulfide) groups is 1. The number of aryl methyl sites for hydroxylation is 1. The Labute approximate surface area is 207 Å². The van der Waals surface area contributed by atoms with Gasteiger partial charge in [-0.3, -0.25) is 4.79 Å². The van der Waals surface area contributed by atoms with Gasteiger partial charge in [0.25, 0.3) is 0 Å². The van der Waals surface area contributed by atoms with Gasteiger partial charge in [-0.15, -0.1) is 0 Å². The lowest BCUT2D eigenvalue weighted by atomic mass is 10.0. The van der Waals surface area contributed by atoms with E-state index in [1.165, 1.54) is 11.8 Å². The van der Waals surface area contributed by atoms with E-state index in [0.717, 1.165) is 38.7 Å². The summed E-state index contributed by atoms with van der Waals surface area (Å²) in [6.07, 6.45) is 0.651. The first kappa shape index (κ1) is 22.4. The Morgan fingerprint density at radius 2 is 1.79 bits per heavy atom. The van der Waals surface area contributed by atoms with Gasteiger partial charge < -0.3 is 9.64 Å². The summed E-state index contributed by atoms with van der Waals surface area (Å²) in [4.78, 5) is 24.2. The molecule has 0 saturated heterocycles. The van der Waals surface area contributed by atoms with E-state index in [4.69, 9.17) is 26.3 Å². The van der Waals surface area contributed by atoms with Crippen molar-refractivity contribution in [3.63, 3.8) is 0 Å². The first-order chi connectivity index (χ1) is 16.5. The molecule has 1 amide bonds. The highest BCUT2D eigenvalue weighted by atomic mass is 35.5. The van der Waals surface area contributed by atoms with Crippen LogP contribution in [0, 0.1) is 6.92 Å². The molecule has 0 N–H and O–H groups in total. The van der Waals surface area contributed by atoms with Crippen molar-refractivity contribution in [3.8, 4) is 23.0 Å². The fourth-order valence-corrected chi connectivity index (χ4v) is 4.90. The highest BCUT2D eigenvalue weighted by Gasteiger charge is 2.26. The minimum atomic E-state index is -0.00965. The third-order valence-electron chi connectivity index (χ3n) is 5.74. The summed E-state index contributed by atoms with van der Waals surface area (Å²) < 4.78 is 6.27. The highest BCUT2D eigenvalue weighted by Crippen LogP contribution is 2.41. The summed E-state index contributed by atoms with van der Waals surface area (Å²) in [5.41, 5.74) is 4.73. The molecule has 5 rings (SSSR count). The molecule has 0 fully saturated rings. The zero-order valence-corrected chi connectivity index (χ0v) is 20.4. The van der Waals surface area contributed by atoms with E-state index in [0.29, 0.717) is 23.1 Å². The second-order valence-electron chi connectivity index (χ2n) is 8.06. The average Bonchev–Trinajstić information content (AvgIpc) is 2.87. The van der Waals surface area contributed by atoms with Crippen LogP contribution in [0.15, 0.2) is 77.8 Å². The molecule has 0 radical (unpaired) electrons. The fraction of sp³-hybridized carbons (Fsp3) is 0.148. The van der Waals surface area contributed by atoms with Crippen LogP contribution in [-0.2, 0) is 11.2 Å². The number of hydrogen-bond acceptors (Lipinski definition) is 5. The van der Waals surface area contributed by atoms with Gasteiger partial charge in [0, 0.05) is 29.7 Å². The molecule has 0 bridgehead atoms. The van der Waals surface area contributed by atoms with Crippen molar-refractivity contribution in [2.75, 3.05) is 17.7 Å². The third-order valence-corrected chi connectivity index (χ3v) is 7.00. The van der Waals surface area contributed by atoms with Gasteiger partial charge in [0.1, 0.15) is 10.8 Å². The lowest BCUT2D eigenvalue weighted by Crippen LogP contribution is -2.28. The summed E-state index contributed by atoms with van der Waals surface area (Å²) >= 11 is 7.48. The lowest BCUT2D eigenvalue weighted by molar-refractivity contribution is -0.115. The molecule has 170 valence electrons. The fourth-order valence-electron chi connectivity index (χ4n) is 3.84. The second-order valence-corrected chi connectivity index (χ2v) is 9.46. The number of anilines is 1. The summed E-state index contributed by atoms with van der Waals surface area (Å²) in [5.74, 6) is 2.15. The lowest BCUT2D eigenvalue weighted by Gasteiger charge is -2.23. The topological polar surface area (TPSA) is 55.3 Å². The number of rotatable bonds is 5. The number of carbonyl (C=O) groups excluding carboxylic acids is 1. The molecule has 0 saturated carbocycles. The van der Waals surface area contributed by atoms with Gasteiger partial charge in [-0.05, 0) is 54.4 Å². The molecule has 4 aromatic rings. The van der Waals surface area contributed by atoms with Crippen LogP contribution in [0.4, 0.5) is 5.69 Å². The molecular formula is C27H22ClN3O2S. The van der Waals surface area contributed by atoms with Crippen LogP contribution in [0.5, 0.6) is 11.6 Å². The van der Waals surface area contributed by atoms with E-state index in [1.54, 1.807) is 11.9 Å². The summed E-state index contributed by atoms with van der Waals surface area (Å²) in [5, 5.41) is 1.39. The van der Waals surface area contributed by atoms with Crippen LogP contribution >= 0.6 is 23.4 Å². The van der Waals surface area contributed by atoms with Crippen molar-refractivity contribution in [1.29, 1.82) is 0 Å². The number of aromatic nitrogens is 2. The van der Waals surface area contributed by atoms with E-state index in [1.807, 2.05) is 73.7 Å². The standard InChI is InChI=1S/C27H22ClN3O2S/c1-17-7-6-8-19-15-22-26(33-24(17)19)29-25(18-11-13-20(28)14-12-18)30-27(22)34-16-23(32)31(2)21-9-4-3-5-10-21/h3-14H,15-16H2,1-2H3. The molecule has 1 aliphatic heterocycles. The van der Waals surface area contributed by atoms with E-state index in [-0.39, 0.29) is 11.7 Å². The molecule has 7 heteroatoms. The summed E-state index contributed by atoms with van der Waals surface area (Å²) in [7, 11) is 1.79. The minimum absolute atomic E-state index is 0.00965. The Bertz CT molecular complexity index is 1360. The molecule has 1 aromatic heterocycles. The smallest absolute Gasteiger partial charge is 0.237 e. The molecule has 2 heterocycles. The zero-order chi connectivity index (χ0) is 23.7. The van der Waals surface area contributed by atoms with Gasteiger partial charge in [-0.1, -0.05) is 59.8 Å². The maximum atomic E-state index is 12.9. The van der Waals surface area contributed by atoms with Crippen molar-refractivity contribution in [1.82, 2.24) is 9.97 Å². The van der Waals surface area contributed by atoms with E-state index in [9.17, 15) is 4.79 Å². The highest BCUT2D eigenvalue weighted by molar-refractivity contribution is 8.00. The number of para-hydroxylation sites is 2. The van der Waals surface area contributed by atoms with Crippen molar-refractivity contribution >= 4 is 35.0 Å². The molecule has 0 unspecified atom stereocenters. The number of ether oxygens (including phenoxy) is 1. The predicted octanol–water partition coefficient (Wildman–Crippen LogP) is 6.56. The molecular weight excluding hydrogens is 466 g/mol. The van der Waals surface area contributed by atoms with Gasteiger partial charge in [0.15, 0.2) is 5.82 Å². The van der Waals surface area contributed by atoms with Crippen LogP contribution in [0.2, 0.25) is 5.02 Å². The van der Waals surface area contributed by atoms with Gasteiger partial charge in [0.2, 0.25) is 11.8 Å². The normalized spacial score (nSPS) is 11.9. The Kier molecular flexibility index (Phi) is 6.26. The SMILES string of the molecule is Cc1cccc2c1Oc1nc(-c3ccc(Cl)cc3)nc(SCC(=O)N(C)c3ccccc3)c1C2. The Hall–Kier alpha value is -3.35. The van der Waals surface area contributed by atoms with E-state index >= 15 is 0 Å². The van der Waals surface area contributed by atoms with E-state index < -0.39 is 0 Å². The first-order valence-electron chi connectivity index (χ1n) is 10.9. The van der Waals surface area contributed by atoms with Gasteiger partial charge >= 0.3 is 0 Å². The van der Waals surface area contributed by atoms with E-state index in [2.05, 4.69) is 6.07 Å². The molecule has 0 atom stereocenters. The third kappa shape index (κ3) is 4.52. The van der Waals surface area contributed by atoms with Crippen LogP contribution in [0.25, 0.3) is 11.4 Å². The monoisotopic (exact) mass is 487 g/mol. The number of amides is 1. The number of carbonyl (C=O) groups is 1. The Morgan fingerprint density at radius 1 is 1.03 bits per heavy atom. The number of halogens is 1. The maximum absolute atomic E-state index is 12.9. The molecule has 5 nitrogen and oxygen atoms in total. The van der Waals surface area contributed by atoms with Crippen molar-refractivity contribution < 1.29 is 9.53 Å². The predicted molar refractivity (Wildman–Crippen MR) is 137 cm³/mol. The quantitative estimate of drug-likeness (QED) is 0.207. The molecule has 0 aliphatic carbocycles. The van der Waals surface area contributed by atoms with Crippen molar-refractivity contribution in [3.05, 3.63) is 94.5 Å². The number of fused-ring (bicyclic) bond motifs is 2. The van der Waals surface area contributed by atoms with Gasteiger partial charge in [-0.25, -0.2) is 4.98 Å². The largest absolute Gasteiger partial charge is 0.438 e. The number of hydrogen-bond donors (Lipinski definition) is 0. The van der Waals surface area contributed by atoms with Crippen molar-refractivity contribution in [2.45, 2.75) is 18.4 Å². The van der Waals surface area contributed by atoms with Crippen LogP contribution in [0.3, 0.4) is 0 Å². The second kappa shape index (κ2) is 9.49. The Balaban J connectivity index is 1.48. The Morgan fingerprint density at radius 3 is 2.56 bits per heavy atom. The molecule has 34 heavy (non-hydrogen) atoms. The molecule has 1 aliphatic rings. The molecule has 0 spiro atoms. The average molecular weight is 488 g/mol. The molecule has 3 aromatic carbocycles. The number of nitrogens with zero attached hydrogens (tertiary/aromatic N) is 3. The minimum Gasteiger partial charge on any atom is -0.438 e. The van der Waals surface area contributed by atoms with Crippen molar-refractivity contribution in [2.24, 2.45) is 0 Å². The summed E-state index contributed by atoms with van der Waals surface area (Å²) in [6, 6.07) is 23.1. The van der Waals surface area contributed by atoms with Gasteiger partial charge in [0.05, 0.1) is 11.3 Å². The van der Waals surface area contributed by atoms with Crippen LogP contribution in [0.1, 0.15) is 16.7 Å². The zero-order valence-electron chi connectivity index (χ0n) is 18.8.